The zero-order chi connectivity index (χ0) is 21.0. The number of fused-ring (bicyclic) bond motifs is 5. The van der Waals surface area contributed by atoms with Crippen molar-refractivity contribution < 1.29 is 14.6 Å². The Labute approximate surface area is 187 Å². The van der Waals surface area contributed by atoms with E-state index in [0.29, 0.717) is 30.0 Å². The molecule has 5 aliphatic rings. The predicted molar refractivity (Wildman–Crippen MR) is 123 cm³/mol. The highest BCUT2D eigenvalue weighted by Gasteiger charge is 2.55. The molecular formula is C28H40O3. The Bertz CT molecular complexity index is 807. The molecule has 0 amide bonds. The van der Waals surface area contributed by atoms with Crippen LogP contribution in [0.5, 0.6) is 11.5 Å². The van der Waals surface area contributed by atoms with E-state index < -0.39 is 0 Å². The third-order valence-electron chi connectivity index (χ3n) is 9.91. The minimum atomic E-state index is -0.101. The van der Waals surface area contributed by atoms with Crippen molar-refractivity contribution in [1.29, 1.82) is 0 Å². The van der Waals surface area contributed by atoms with Crippen LogP contribution in [-0.4, -0.2) is 23.4 Å². The molecule has 0 heterocycles. The Balaban J connectivity index is 1.34. The first-order valence-electron chi connectivity index (χ1n) is 13.3. The molecule has 0 aromatic heterocycles. The maximum Gasteiger partial charge on any atom is 0.127 e. The number of aliphatic hydroxyl groups is 1. The summed E-state index contributed by atoms with van der Waals surface area (Å²) in [5, 5.41) is 10.7. The van der Waals surface area contributed by atoms with Crippen LogP contribution in [0.3, 0.4) is 0 Å². The molecule has 3 nitrogen and oxygen atoms in total. The van der Waals surface area contributed by atoms with E-state index in [0.717, 1.165) is 30.8 Å². The molecule has 4 saturated carbocycles. The van der Waals surface area contributed by atoms with Gasteiger partial charge in [-0.15, -0.1) is 0 Å². The lowest BCUT2D eigenvalue weighted by Gasteiger charge is -2.50. The van der Waals surface area contributed by atoms with Crippen LogP contribution in [0.4, 0.5) is 0 Å². The van der Waals surface area contributed by atoms with Crippen molar-refractivity contribution >= 4 is 0 Å². The summed E-state index contributed by atoms with van der Waals surface area (Å²) in [6, 6.07) is 4.62. The normalized spacial score (nSPS) is 38.0. The Kier molecular flexibility index (Phi) is 5.24. The first-order valence-corrected chi connectivity index (χ1v) is 13.3. The van der Waals surface area contributed by atoms with Gasteiger partial charge in [0.25, 0.3) is 0 Å². The maximum atomic E-state index is 10.7. The fourth-order valence-corrected chi connectivity index (χ4v) is 8.18. The molecule has 0 bridgehead atoms. The van der Waals surface area contributed by atoms with Crippen LogP contribution in [-0.2, 0) is 6.42 Å². The Morgan fingerprint density at radius 1 is 0.839 bits per heavy atom. The molecule has 4 fully saturated rings. The summed E-state index contributed by atoms with van der Waals surface area (Å²) in [4.78, 5) is 0. The molecule has 0 spiro atoms. The molecule has 3 heteroatoms. The lowest BCUT2D eigenvalue weighted by molar-refractivity contribution is -0.0231. The van der Waals surface area contributed by atoms with Gasteiger partial charge in [-0.25, -0.2) is 0 Å². The molecule has 0 radical (unpaired) electrons. The summed E-state index contributed by atoms with van der Waals surface area (Å²) in [6.07, 6.45) is 17.6. The van der Waals surface area contributed by atoms with E-state index >= 15 is 0 Å². The molecule has 5 atom stereocenters. The first kappa shape index (κ1) is 20.4. The van der Waals surface area contributed by atoms with Gasteiger partial charge >= 0.3 is 0 Å². The fraction of sp³-hybridized carbons (Fsp3) is 0.786. The molecule has 0 unspecified atom stereocenters. The smallest absolute Gasteiger partial charge is 0.127 e. The molecule has 0 aliphatic heterocycles. The zero-order valence-electron chi connectivity index (χ0n) is 19.3. The quantitative estimate of drug-likeness (QED) is 0.596. The number of rotatable bonds is 4. The van der Waals surface area contributed by atoms with Gasteiger partial charge in [-0.3, -0.25) is 0 Å². The molecule has 1 aromatic rings. The number of hydrogen-bond donors (Lipinski definition) is 1. The standard InChI is InChI=1S/C28H40O3/c1-28-15-14-23-22(24(28)12-13-26(28)29)11-10-18-16-21(30-19-6-2-3-7-19)17-25(27(18)23)31-20-8-4-5-9-20/h16-17,19-20,22-24,26,29H,2-15H2,1H3/t22-,23-,24-,26-,28-/m0/s1. The zero-order valence-corrected chi connectivity index (χ0v) is 19.3. The average molecular weight is 425 g/mol. The van der Waals surface area contributed by atoms with E-state index in [9.17, 15) is 5.11 Å². The number of aryl methyl sites for hydroxylation is 1. The average Bonchev–Trinajstić information content (AvgIpc) is 3.51. The Morgan fingerprint density at radius 2 is 1.55 bits per heavy atom. The SMILES string of the molecule is C[C@]12CC[C@@H]3c4c(cc(OC5CCCC5)cc4OC4CCCC4)CC[C@@H]3[C@@H]1CC[C@@H]2O. The van der Waals surface area contributed by atoms with Crippen molar-refractivity contribution in [3.05, 3.63) is 23.3 Å². The Morgan fingerprint density at radius 3 is 2.29 bits per heavy atom. The van der Waals surface area contributed by atoms with Gasteiger partial charge < -0.3 is 14.6 Å². The Hall–Kier alpha value is -1.22. The molecule has 6 rings (SSSR count). The molecular weight excluding hydrogens is 384 g/mol. The topological polar surface area (TPSA) is 38.7 Å². The minimum Gasteiger partial charge on any atom is -0.490 e. The number of benzene rings is 1. The van der Waals surface area contributed by atoms with E-state index in [1.54, 1.807) is 0 Å². The second-order valence-electron chi connectivity index (χ2n) is 11.6. The van der Waals surface area contributed by atoms with E-state index in [4.69, 9.17) is 9.47 Å². The third kappa shape index (κ3) is 3.50. The van der Waals surface area contributed by atoms with Crippen LogP contribution in [0.1, 0.15) is 107 Å². The summed E-state index contributed by atoms with van der Waals surface area (Å²) in [5.74, 6) is 4.17. The van der Waals surface area contributed by atoms with Crippen molar-refractivity contribution in [1.82, 2.24) is 0 Å². The molecule has 5 aliphatic carbocycles. The van der Waals surface area contributed by atoms with Gasteiger partial charge in [0.15, 0.2) is 0 Å². The van der Waals surface area contributed by atoms with E-state index in [-0.39, 0.29) is 11.5 Å². The number of ether oxygens (including phenoxy) is 2. The van der Waals surface area contributed by atoms with E-state index in [1.165, 1.54) is 81.8 Å². The highest BCUT2D eigenvalue weighted by Crippen LogP contribution is 2.62. The summed E-state index contributed by atoms with van der Waals surface area (Å²) in [6.45, 7) is 2.37. The van der Waals surface area contributed by atoms with Crippen molar-refractivity contribution in [3.63, 3.8) is 0 Å². The summed E-state index contributed by atoms with van der Waals surface area (Å²) < 4.78 is 13.2. The van der Waals surface area contributed by atoms with Gasteiger partial charge in [0.2, 0.25) is 0 Å². The van der Waals surface area contributed by atoms with Crippen LogP contribution in [0.15, 0.2) is 12.1 Å². The minimum absolute atomic E-state index is 0.101. The lowest BCUT2D eigenvalue weighted by Crippen LogP contribution is -2.44. The lowest BCUT2D eigenvalue weighted by atomic mass is 9.55. The number of aliphatic hydroxyl groups excluding tert-OH is 1. The van der Waals surface area contributed by atoms with Crippen molar-refractivity contribution in [2.75, 3.05) is 0 Å². The highest BCUT2D eigenvalue weighted by atomic mass is 16.5. The van der Waals surface area contributed by atoms with Crippen LogP contribution >= 0.6 is 0 Å². The second-order valence-corrected chi connectivity index (χ2v) is 11.6. The van der Waals surface area contributed by atoms with Crippen LogP contribution in [0.25, 0.3) is 0 Å². The molecule has 0 saturated heterocycles. The monoisotopic (exact) mass is 424 g/mol. The largest absolute Gasteiger partial charge is 0.490 e. The van der Waals surface area contributed by atoms with Crippen molar-refractivity contribution in [3.8, 4) is 11.5 Å². The van der Waals surface area contributed by atoms with Gasteiger partial charge in [-0.1, -0.05) is 6.92 Å². The maximum absolute atomic E-state index is 10.7. The summed E-state index contributed by atoms with van der Waals surface area (Å²) >= 11 is 0. The third-order valence-corrected chi connectivity index (χ3v) is 9.91. The fourth-order valence-electron chi connectivity index (χ4n) is 8.18. The van der Waals surface area contributed by atoms with E-state index in [1.807, 2.05) is 0 Å². The van der Waals surface area contributed by atoms with Crippen LogP contribution in [0.2, 0.25) is 0 Å². The summed E-state index contributed by atoms with van der Waals surface area (Å²) in [7, 11) is 0. The van der Waals surface area contributed by atoms with Crippen molar-refractivity contribution in [2.45, 2.75) is 121 Å². The molecule has 31 heavy (non-hydrogen) atoms. The van der Waals surface area contributed by atoms with E-state index in [2.05, 4.69) is 19.1 Å². The van der Waals surface area contributed by atoms with Gasteiger partial charge in [0.05, 0.1) is 18.3 Å². The van der Waals surface area contributed by atoms with Gasteiger partial charge in [-0.05, 0) is 125 Å². The highest BCUT2D eigenvalue weighted by molar-refractivity contribution is 5.51. The van der Waals surface area contributed by atoms with Gasteiger partial charge in [-0.2, -0.15) is 0 Å². The summed E-state index contributed by atoms with van der Waals surface area (Å²) in [5.41, 5.74) is 3.15. The van der Waals surface area contributed by atoms with Crippen molar-refractivity contribution in [2.24, 2.45) is 17.3 Å². The van der Waals surface area contributed by atoms with Crippen LogP contribution < -0.4 is 9.47 Å². The van der Waals surface area contributed by atoms with Crippen LogP contribution in [0, 0.1) is 17.3 Å². The first-order chi connectivity index (χ1) is 15.1. The second kappa shape index (κ2) is 7.97. The predicted octanol–water partition coefficient (Wildman–Crippen LogP) is 6.55. The number of hydrogen-bond acceptors (Lipinski definition) is 3. The molecule has 1 N–H and O–H groups in total. The van der Waals surface area contributed by atoms with Gasteiger partial charge in [0.1, 0.15) is 11.5 Å². The molecule has 170 valence electrons. The molecule has 1 aromatic carbocycles. The van der Waals surface area contributed by atoms with Gasteiger partial charge in [0, 0.05) is 11.6 Å².